The summed E-state index contributed by atoms with van der Waals surface area (Å²) in [6.45, 7) is 5.41. The van der Waals surface area contributed by atoms with E-state index in [1.807, 2.05) is 44.2 Å². The first kappa shape index (κ1) is 16.8. The van der Waals surface area contributed by atoms with Crippen molar-refractivity contribution >= 4 is 11.9 Å². The number of carbonyl (C=O) groups excluding carboxylic acids is 2. The van der Waals surface area contributed by atoms with Crippen molar-refractivity contribution in [2.75, 3.05) is 13.1 Å². The summed E-state index contributed by atoms with van der Waals surface area (Å²) in [5, 5.41) is 5.89. The van der Waals surface area contributed by atoms with Gasteiger partial charge in [-0.3, -0.25) is 4.79 Å². The van der Waals surface area contributed by atoms with E-state index in [0.717, 1.165) is 5.56 Å². The third kappa shape index (κ3) is 3.87. The topological polar surface area (TPSA) is 70.7 Å². The number of likely N-dealkylation sites (tertiary alicyclic amines) is 1. The molecule has 0 aromatic heterocycles. The molecule has 3 atom stereocenters. The first-order valence-electron chi connectivity index (χ1n) is 8.55. The lowest BCUT2D eigenvalue weighted by atomic mass is 9.99. The van der Waals surface area contributed by atoms with E-state index < -0.39 is 0 Å². The SMILES string of the molecule is CC(C)NC(=O)[C@@H]1C[C@H]2CN(C(=O)NCc3ccccc3)C[C@@H]1O2. The second-order valence-electron chi connectivity index (χ2n) is 6.85. The quantitative estimate of drug-likeness (QED) is 0.878. The van der Waals surface area contributed by atoms with Gasteiger partial charge in [0.1, 0.15) is 0 Å². The Labute approximate surface area is 142 Å². The molecule has 0 unspecified atom stereocenters. The van der Waals surface area contributed by atoms with E-state index in [4.69, 9.17) is 4.74 Å². The minimum atomic E-state index is -0.204. The fraction of sp³-hybridized carbons (Fsp3) is 0.556. The standard InChI is InChI=1S/C18H25N3O3/c1-12(2)20-17(22)15-8-14-10-21(11-16(15)24-14)18(23)19-9-13-6-4-3-5-7-13/h3-7,12,14-16H,8-11H2,1-2H3,(H,19,23)(H,20,22)/t14-,15+,16-/m0/s1. The first-order chi connectivity index (χ1) is 11.5. The maximum atomic E-state index is 12.4. The molecule has 3 amide bonds. The molecule has 0 spiro atoms. The van der Waals surface area contributed by atoms with Gasteiger partial charge in [-0.1, -0.05) is 30.3 Å². The molecule has 2 N–H and O–H groups in total. The fourth-order valence-electron chi connectivity index (χ4n) is 3.38. The molecule has 2 saturated heterocycles. The Kier molecular flexibility index (Phi) is 5.04. The van der Waals surface area contributed by atoms with Gasteiger partial charge in [-0.15, -0.1) is 0 Å². The molecular formula is C18H25N3O3. The zero-order valence-corrected chi connectivity index (χ0v) is 14.2. The van der Waals surface area contributed by atoms with Crippen LogP contribution in [0.25, 0.3) is 0 Å². The number of benzene rings is 1. The van der Waals surface area contributed by atoms with Crippen LogP contribution >= 0.6 is 0 Å². The van der Waals surface area contributed by atoms with Crippen molar-refractivity contribution in [3.63, 3.8) is 0 Å². The zero-order chi connectivity index (χ0) is 17.1. The summed E-state index contributed by atoms with van der Waals surface area (Å²) in [6, 6.07) is 9.84. The van der Waals surface area contributed by atoms with Gasteiger partial charge in [0.15, 0.2) is 0 Å². The average Bonchev–Trinajstić information content (AvgIpc) is 2.87. The predicted octanol–water partition coefficient (Wildman–Crippen LogP) is 1.51. The number of fused-ring (bicyclic) bond motifs is 2. The number of nitrogens with zero attached hydrogens (tertiary/aromatic N) is 1. The zero-order valence-electron chi connectivity index (χ0n) is 14.2. The van der Waals surface area contributed by atoms with Crippen LogP contribution in [0.1, 0.15) is 25.8 Å². The van der Waals surface area contributed by atoms with Gasteiger partial charge >= 0.3 is 6.03 Å². The minimum absolute atomic E-state index is 0.0315. The number of amides is 3. The number of rotatable bonds is 4. The van der Waals surface area contributed by atoms with Gasteiger partial charge in [-0.2, -0.15) is 0 Å². The van der Waals surface area contributed by atoms with E-state index in [2.05, 4.69) is 10.6 Å². The van der Waals surface area contributed by atoms with Gasteiger partial charge in [0, 0.05) is 25.7 Å². The van der Waals surface area contributed by atoms with Crippen molar-refractivity contribution in [3.05, 3.63) is 35.9 Å². The molecule has 1 aromatic rings. The fourth-order valence-corrected chi connectivity index (χ4v) is 3.38. The predicted molar refractivity (Wildman–Crippen MR) is 90.3 cm³/mol. The highest BCUT2D eigenvalue weighted by Crippen LogP contribution is 2.32. The number of ether oxygens (including phenoxy) is 1. The minimum Gasteiger partial charge on any atom is -0.370 e. The Balaban J connectivity index is 1.54. The van der Waals surface area contributed by atoms with Crippen LogP contribution in [0.15, 0.2) is 30.3 Å². The summed E-state index contributed by atoms with van der Waals surface area (Å²) >= 11 is 0. The lowest BCUT2D eigenvalue weighted by Crippen LogP contribution is -2.51. The molecule has 0 radical (unpaired) electrons. The summed E-state index contributed by atoms with van der Waals surface area (Å²) in [5.41, 5.74) is 1.07. The maximum absolute atomic E-state index is 12.4. The van der Waals surface area contributed by atoms with Crippen molar-refractivity contribution < 1.29 is 14.3 Å². The highest BCUT2D eigenvalue weighted by Gasteiger charge is 2.45. The van der Waals surface area contributed by atoms with Crippen LogP contribution in [0, 0.1) is 5.92 Å². The first-order valence-corrected chi connectivity index (χ1v) is 8.55. The largest absolute Gasteiger partial charge is 0.370 e. The molecule has 24 heavy (non-hydrogen) atoms. The van der Waals surface area contributed by atoms with Crippen molar-refractivity contribution in [3.8, 4) is 0 Å². The molecule has 6 nitrogen and oxygen atoms in total. The highest BCUT2D eigenvalue weighted by atomic mass is 16.5. The summed E-state index contributed by atoms with van der Waals surface area (Å²) in [4.78, 5) is 26.4. The number of urea groups is 1. The Morgan fingerprint density at radius 2 is 2.00 bits per heavy atom. The molecule has 6 heteroatoms. The summed E-state index contributed by atoms with van der Waals surface area (Å²) in [5.74, 6) is -0.131. The second kappa shape index (κ2) is 7.21. The molecule has 2 aliphatic heterocycles. The Morgan fingerprint density at radius 3 is 2.71 bits per heavy atom. The lowest BCUT2D eigenvalue weighted by Gasteiger charge is -2.32. The van der Waals surface area contributed by atoms with E-state index >= 15 is 0 Å². The van der Waals surface area contributed by atoms with Crippen LogP contribution in [-0.4, -0.2) is 48.2 Å². The van der Waals surface area contributed by atoms with Crippen molar-refractivity contribution in [1.29, 1.82) is 0 Å². The summed E-state index contributed by atoms with van der Waals surface area (Å²) in [6.07, 6.45) is 0.435. The Bertz CT molecular complexity index is 590. The molecule has 2 fully saturated rings. The van der Waals surface area contributed by atoms with Gasteiger partial charge in [-0.05, 0) is 25.8 Å². The molecule has 2 heterocycles. The van der Waals surface area contributed by atoms with E-state index in [9.17, 15) is 9.59 Å². The molecule has 0 aliphatic carbocycles. The van der Waals surface area contributed by atoms with E-state index in [-0.39, 0.29) is 36.1 Å². The number of carbonyl (C=O) groups is 2. The third-order valence-electron chi connectivity index (χ3n) is 4.50. The molecule has 0 saturated carbocycles. The van der Waals surface area contributed by atoms with Crippen molar-refractivity contribution in [2.45, 2.75) is 45.1 Å². The van der Waals surface area contributed by atoms with Crippen LogP contribution in [0.3, 0.4) is 0 Å². The van der Waals surface area contributed by atoms with Gasteiger partial charge in [0.05, 0.1) is 18.1 Å². The third-order valence-corrected chi connectivity index (χ3v) is 4.50. The van der Waals surface area contributed by atoms with E-state index in [0.29, 0.717) is 26.1 Å². The molecule has 3 rings (SSSR count). The van der Waals surface area contributed by atoms with Gasteiger partial charge < -0.3 is 20.3 Å². The molecular weight excluding hydrogens is 306 g/mol. The van der Waals surface area contributed by atoms with Crippen LogP contribution in [0.5, 0.6) is 0 Å². The highest BCUT2D eigenvalue weighted by molar-refractivity contribution is 5.80. The van der Waals surface area contributed by atoms with Gasteiger partial charge in [0.2, 0.25) is 5.91 Å². The van der Waals surface area contributed by atoms with E-state index in [1.165, 1.54) is 0 Å². The second-order valence-corrected chi connectivity index (χ2v) is 6.85. The van der Waals surface area contributed by atoms with Crippen molar-refractivity contribution in [1.82, 2.24) is 15.5 Å². The molecule has 130 valence electrons. The number of morpholine rings is 1. The van der Waals surface area contributed by atoms with Crippen LogP contribution in [-0.2, 0) is 16.1 Å². The maximum Gasteiger partial charge on any atom is 0.317 e. The lowest BCUT2D eigenvalue weighted by molar-refractivity contribution is -0.128. The molecule has 2 bridgehead atoms. The number of hydrogen-bond acceptors (Lipinski definition) is 3. The number of nitrogens with one attached hydrogen (secondary N) is 2. The molecule has 1 aromatic carbocycles. The summed E-state index contributed by atoms with van der Waals surface area (Å²) in [7, 11) is 0. The summed E-state index contributed by atoms with van der Waals surface area (Å²) < 4.78 is 5.87. The molecule has 2 aliphatic rings. The van der Waals surface area contributed by atoms with Crippen LogP contribution in [0.2, 0.25) is 0 Å². The van der Waals surface area contributed by atoms with Crippen LogP contribution < -0.4 is 10.6 Å². The van der Waals surface area contributed by atoms with Gasteiger partial charge in [0.25, 0.3) is 0 Å². The average molecular weight is 331 g/mol. The van der Waals surface area contributed by atoms with Crippen molar-refractivity contribution in [2.24, 2.45) is 5.92 Å². The smallest absolute Gasteiger partial charge is 0.317 e. The van der Waals surface area contributed by atoms with Crippen LogP contribution in [0.4, 0.5) is 4.79 Å². The Hall–Kier alpha value is -2.08. The van der Waals surface area contributed by atoms with Gasteiger partial charge in [-0.25, -0.2) is 4.79 Å². The number of hydrogen-bond donors (Lipinski definition) is 2. The normalized spacial score (nSPS) is 25.6. The van der Waals surface area contributed by atoms with E-state index in [1.54, 1.807) is 4.90 Å². The monoisotopic (exact) mass is 331 g/mol. The Morgan fingerprint density at radius 1 is 1.25 bits per heavy atom.